The highest BCUT2D eigenvalue weighted by Crippen LogP contribution is 2.26. The second-order valence-electron chi connectivity index (χ2n) is 5.36. The number of nitrogens with zero attached hydrogens (tertiary/aromatic N) is 1. The fourth-order valence-corrected chi connectivity index (χ4v) is 3.28. The summed E-state index contributed by atoms with van der Waals surface area (Å²) in [5.74, 6) is 0.489. The summed E-state index contributed by atoms with van der Waals surface area (Å²) in [6, 6.07) is 10.4. The molecule has 2 nitrogen and oxygen atoms in total. The molecule has 1 atom stereocenters. The summed E-state index contributed by atoms with van der Waals surface area (Å²) in [5, 5.41) is 0. The van der Waals surface area contributed by atoms with Crippen LogP contribution in [0.4, 0.5) is 0 Å². The number of pyridine rings is 1. The first-order chi connectivity index (χ1) is 9.72. The zero-order chi connectivity index (χ0) is 13.9. The van der Waals surface area contributed by atoms with E-state index in [4.69, 9.17) is 0 Å². The number of carbonyl (C=O) groups is 1. The first kappa shape index (κ1) is 13.5. The number of hydrogen-bond donors (Lipinski definition) is 0. The fraction of sp³-hybridized carbons (Fsp3) is 0.294. The number of fused-ring (bicyclic) bond motifs is 1. The van der Waals surface area contributed by atoms with Crippen LogP contribution in [0.3, 0.4) is 0 Å². The smallest absolute Gasteiger partial charge is 0.140 e. The van der Waals surface area contributed by atoms with Gasteiger partial charge in [-0.1, -0.05) is 24.3 Å². The molecule has 0 bridgehead atoms. The molecule has 0 saturated carbocycles. The lowest BCUT2D eigenvalue weighted by molar-refractivity contribution is -0.122. The molecule has 1 aromatic heterocycles. The van der Waals surface area contributed by atoms with E-state index in [2.05, 4.69) is 45.2 Å². The number of hydrogen-bond acceptors (Lipinski definition) is 2. The van der Waals surface area contributed by atoms with Gasteiger partial charge in [0.1, 0.15) is 5.78 Å². The highest BCUT2D eigenvalue weighted by molar-refractivity contribution is 9.10. The third-order valence-electron chi connectivity index (χ3n) is 3.94. The number of aryl methyl sites for hydroxylation is 1. The topological polar surface area (TPSA) is 30.0 Å². The van der Waals surface area contributed by atoms with Crippen molar-refractivity contribution in [2.24, 2.45) is 5.92 Å². The van der Waals surface area contributed by atoms with Gasteiger partial charge in [0.2, 0.25) is 0 Å². The fourth-order valence-electron chi connectivity index (χ4n) is 2.87. The Balaban J connectivity index is 1.70. The minimum atomic E-state index is 0.156. The Morgan fingerprint density at radius 3 is 2.85 bits per heavy atom. The van der Waals surface area contributed by atoms with E-state index in [-0.39, 0.29) is 5.92 Å². The Morgan fingerprint density at radius 1 is 1.25 bits per heavy atom. The first-order valence-electron chi connectivity index (χ1n) is 6.91. The van der Waals surface area contributed by atoms with Crippen LogP contribution in [0.1, 0.15) is 23.1 Å². The molecule has 1 heterocycles. The van der Waals surface area contributed by atoms with Crippen LogP contribution in [0.15, 0.2) is 47.2 Å². The van der Waals surface area contributed by atoms with Crippen LogP contribution in [-0.2, 0) is 24.1 Å². The molecule has 0 amide bonds. The quantitative estimate of drug-likeness (QED) is 0.858. The molecular formula is C17H16BrNO. The normalized spacial score (nSPS) is 17.6. The summed E-state index contributed by atoms with van der Waals surface area (Å²) in [7, 11) is 0. The van der Waals surface area contributed by atoms with Gasteiger partial charge >= 0.3 is 0 Å². The van der Waals surface area contributed by atoms with Gasteiger partial charge in [-0.05, 0) is 57.9 Å². The Hall–Kier alpha value is -1.48. The lowest BCUT2D eigenvalue weighted by Crippen LogP contribution is -2.24. The van der Waals surface area contributed by atoms with Crippen LogP contribution in [0.5, 0.6) is 0 Å². The van der Waals surface area contributed by atoms with E-state index in [1.54, 1.807) is 12.4 Å². The average Bonchev–Trinajstić information content (AvgIpc) is 2.47. The Kier molecular flexibility index (Phi) is 3.97. The molecule has 1 aromatic carbocycles. The third-order valence-corrected chi connectivity index (χ3v) is 4.38. The van der Waals surface area contributed by atoms with Gasteiger partial charge in [0, 0.05) is 29.2 Å². The van der Waals surface area contributed by atoms with E-state index in [1.165, 1.54) is 11.1 Å². The predicted molar refractivity (Wildman–Crippen MR) is 82.6 cm³/mol. The van der Waals surface area contributed by atoms with Gasteiger partial charge in [0.05, 0.1) is 0 Å². The second kappa shape index (κ2) is 5.88. The first-order valence-corrected chi connectivity index (χ1v) is 7.70. The van der Waals surface area contributed by atoms with Crippen LogP contribution in [0.25, 0.3) is 0 Å². The minimum absolute atomic E-state index is 0.156. The van der Waals surface area contributed by atoms with Crippen LogP contribution < -0.4 is 0 Å². The maximum absolute atomic E-state index is 12.4. The van der Waals surface area contributed by atoms with Crippen LogP contribution in [0, 0.1) is 5.92 Å². The SMILES string of the molecule is O=C(Cc1cncc(Br)c1)C1CCc2ccccc2C1. The van der Waals surface area contributed by atoms with Crippen molar-refractivity contribution < 1.29 is 4.79 Å². The number of halogens is 1. The number of ketones is 1. The van der Waals surface area contributed by atoms with Crippen molar-refractivity contribution in [2.75, 3.05) is 0 Å². The van der Waals surface area contributed by atoms with Gasteiger partial charge in [-0.25, -0.2) is 0 Å². The van der Waals surface area contributed by atoms with Crippen molar-refractivity contribution in [3.63, 3.8) is 0 Å². The van der Waals surface area contributed by atoms with Gasteiger partial charge in [-0.3, -0.25) is 9.78 Å². The van der Waals surface area contributed by atoms with Crippen molar-refractivity contribution in [2.45, 2.75) is 25.7 Å². The monoisotopic (exact) mass is 329 g/mol. The standard InChI is InChI=1S/C17H16BrNO/c18-16-7-12(10-19-11-16)8-17(20)15-6-5-13-3-1-2-4-14(13)9-15/h1-4,7,10-11,15H,5-6,8-9H2. The highest BCUT2D eigenvalue weighted by Gasteiger charge is 2.24. The lowest BCUT2D eigenvalue weighted by atomic mass is 9.80. The molecule has 1 aliphatic rings. The zero-order valence-electron chi connectivity index (χ0n) is 11.2. The molecular weight excluding hydrogens is 314 g/mol. The molecule has 0 aliphatic heterocycles. The number of rotatable bonds is 3. The summed E-state index contributed by atoms with van der Waals surface area (Å²) in [6.07, 6.45) is 6.88. The number of benzene rings is 1. The number of aromatic nitrogens is 1. The Labute approximate surface area is 127 Å². The number of Topliss-reactive ketones (excluding diaryl/α,β-unsaturated/α-hetero) is 1. The molecule has 20 heavy (non-hydrogen) atoms. The van der Waals surface area contributed by atoms with Crippen molar-refractivity contribution in [3.8, 4) is 0 Å². The lowest BCUT2D eigenvalue weighted by Gasteiger charge is -2.23. The molecule has 1 unspecified atom stereocenters. The molecule has 0 saturated heterocycles. The summed E-state index contributed by atoms with van der Waals surface area (Å²) in [6.45, 7) is 0. The average molecular weight is 330 g/mol. The van der Waals surface area contributed by atoms with Crippen molar-refractivity contribution >= 4 is 21.7 Å². The summed E-state index contributed by atoms with van der Waals surface area (Å²) >= 11 is 3.40. The van der Waals surface area contributed by atoms with E-state index in [0.29, 0.717) is 12.2 Å². The zero-order valence-corrected chi connectivity index (χ0v) is 12.8. The van der Waals surface area contributed by atoms with Gasteiger partial charge in [-0.15, -0.1) is 0 Å². The Bertz CT molecular complexity index is 638. The molecule has 2 aromatic rings. The molecule has 3 rings (SSSR count). The molecule has 0 radical (unpaired) electrons. The van der Waals surface area contributed by atoms with Gasteiger partial charge in [0.25, 0.3) is 0 Å². The van der Waals surface area contributed by atoms with Crippen molar-refractivity contribution in [1.82, 2.24) is 4.98 Å². The van der Waals surface area contributed by atoms with Crippen LogP contribution in [-0.4, -0.2) is 10.8 Å². The summed E-state index contributed by atoms with van der Waals surface area (Å²) in [5.41, 5.74) is 3.73. The molecule has 1 aliphatic carbocycles. The van der Waals surface area contributed by atoms with E-state index < -0.39 is 0 Å². The second-order valence-corrected chi connectivity index (χ2v) is 6.28. The summed E-state index contributed by atoms with van der Waals surface area (Å²) < 4.78 is 0.928. The summed E-state index contributed by atoms with van der Waals surface area (Å²) in [4.78, 5) is 16.6. The number of carbonyl (C=O) groups excluding carboxylic acids is 1. The molecule has 102 valence electrons. The van der Waals surface area contributed by atoms with Gasteiger partial charge in [-0.2, -0.15) is 0 Å². The van der Waals surface area contributed by atoms with Crippen molar-refractivity contribution in [3.05, 3.63) is 63.9 Å². The Morgan fingerprint density at radius 2 is 2.05 bits per heavy atom. The largest absolute Gasteiger partial charge is 0.299 e. The molecule has 0 N–H and O–H groups in total. The van der Waals surface area contributed by atoms with E-state index in [9.17, 15) is 4.79 Å². The predicted octanol–water partition coefficient (Wildman–Crippen LogP) is 3.76. The van der Waals surface area contributed by atoms with Crippen LogP contribution >= 0.6 is 15.9 Å². The molecule has 0 spiro atoms. The third kappa shape index (κ3) is 2.98. The minimum Gasteiger partial charge on any atom is -0.299 e. The van der Waals surface area contributed by atoms with Gasteiger partial charge in [0.15, 0.2) is 0 Å². The maximum atomic E-state index is 12.4. The highest BCUT2D eigenvalue weighted by atomic mass is 79.9. The van der Waals surface area contributed by atoms with Crippen LogP contribution in [0.2, 0.25) is 0 Å². The van der Waals surface area contributed by atoms with E-state index >= 15 is 0 Å². The molecule has 0 fully saturated rings. The van der Waals surface area contributed by atoms with Crippen molar-refractivity contribution in [1.29, 1.82) is 0 Å². The van der Waals surface area contributed by atoms with Gasteiger partial charge < -0.3 is 0 Å². The maximum Gasteiger partial charge on any atom is 0.140 e. The van der Waals surface area contributed by atoms with E-state index in [0.717, 1.165) is 29.3 Å². The van der Waals surface area contributed by atoms with E-state index in [1.807, 2.05) is 6.07 Å². The molecule has 3 heteroatoms.